The van der Waals surface area contributed by atoms with E-state index in [-0.39, 0.29) is 12.6 Å². The lowest BCUT2D eigenvalue weighted by molar-refractivity contribution is 0.153. The Bertz CT molecular complexity index is 307. The van der Waals surface area contributed by atoms with Gasteiger partial charge in [-0.25, -0.2) is 4.39 Å². The fourth-order valence-electron chi connectivity index (χ4n) is 2.03. The van der Waals surface area contributed by atoms with Crippen molar-refractivity contribution in [2.75, 3.05) is 13.2 Å². The van der Waals surface area contributed by atoms with Crippen molar-refractivity contribution in [3.05, 3.63) is 30.1 Å². The molecule has 2 atom stereocenters. The summed E-state index contributed by atoms with van der Waals surface area (Å²) in [6, 6.07) is 3.79. The lowest BCUT2D eigenvalue weighted by Gasteiger charge is -2.21. The van der Waals surface area contributed by atoms with Crippen LogP contribution in [0.1, 0.15) is 12.0 Å². The van der Waals surface area contributed by atoms with Gasteiger partial charge in [0.05, 0.1) is 6.61 Å². The second-order valence-electron chi connectivity index (χ2n) is 3.96. The highest BCUT2D eigenvalue weighted by Gasteiger charge is 2.31. The highest BCUT2D eigenvalue weighted by Crippen LogP contribution is 2.21. The summed E-state index contributed by atoms with van der Waals surface area (Å²) in [6.45, 7) is 1.11. The maximum atomic E-state index is 13.1. The Labute approximate surface area is 88.6 Å². The Morgan fingerprint density at radius 3 is 3.13 bits per heavy atom. The van der Waals surface area contributed by atoms with E-state index in [4.69, 9.17) is 5.11 Å². The molecule has 82 valence electrons. The maximum Gasteiger partial charge on any atom is 0.114 e. The molecule has 1 aliphatic heterocycles. The van der Waals surface area contributed by atoms with Gasteiger partial charge in [-0.05, 0) is 18.1 Å². The first-order chi connectivity index (χ1) is 7.29. The van der Waals surface area contributed by atoms with E-state index in [2.05, 4.69) is 4.98 Å². The molecule has 0 spiro atoms. The first kappa shape index (κ1) is 10.5. The van der Waals surface area contributed by atoms with Crippen LogP contribution < -0.4 is 0 Å². The number of nitrogens with zero attached hydrogens (tertiary/aromatic N) is 2. The minimum Gasteiger partial charge on any atom is -0.395 e. The van der Waals surface area contributed by atoms with Crippen molar-refractivity contribution in [2.45, 2.75) is 25.2 Å². The van der Waals surface area contributed by atoms with E-state index in [9.17, 15) is 4.39 Å². The third kappa shape index (κ3) is 2.52. The normalized spacial score (nSPS) is 27.1. The first-order valence-electron chi connectivity index (χ1n) is 5.17. The molecule has 1 fully saturated rings. The third-order valence-corrected chi connectivity index (χ3v) is 2.80. The molecule has 0 amide bonds. The van der Waals surface area contributed by atoms with Gasteiger partial charge in [-0.2, -0.15) is 0 Å². The van der Waals surface area contributed by atoms with Gasteiger partial charge in [0.1, 0.15) is 6.17 Å². The lowest BCUT2D eigenvalue weighted by atomic mass is 10.2. The number of aliphatic hydroxyl groups is 1. The number of pyridine rings is 1. The topological polar surface area (TPSA) is 36.4 Å². The van der Waals surface area contributed by atoms with E-state index in [0.29, 0.717) is 19.5 Å². The molecule has 1 aromatic heterocycles. The minimum atomic E-state index is -0.807. The number of halogens is 1. The lowest BCUT2D eigenvalue weighted by Crippen LogP contribution is -2.31. The molecule has 0 aliphatic carbocycles. The summed E-state index contributed by atoms with van der Waals surface area (Å²) >= 11 is 0. The molecule has 1 aliphatic rings. The van der Waals surface area contributed by atoms with Gasteiger partial charge in [0, 0.05) is 31.5 Å². The molecule has 4 heteroatoms. The number of aromatic nitrogens is 1. The van der Waals surface area contributed by atoms with Gasteiger partial charge in [-0.3, -0.25) is 9.88 Å². The maximum absolute atomic E-state index is 13.1. The Hall–Kier alpha value is -1.00. The summed E-state index contributed by atoms with van der Waals surface area (Å²) in [5.41, 5.74) is 1.06. The van der Waals surface area contributed by atoms with Crippen LogP contribution in [0.4, 0.5) is 4.39 Å². The van der Waals surface area contributed by atoms with E-state index < -0.39 is 6.17 Å². The fourth-order valence-corrected chi connectivity index (χ4v) is 2.03. The third-order valence-electron chi connectivity index (χ3n) is 2.80. The van der Waals surface area contributed by atoms with E-state index >= 15 is 0 Å². The number of hydrogen-bond acceptors (Lipinski definition) is 3. The van der Waals surface area contributed by atoms with Crippen LogP contribution in [0.3, 0.4) is 0 Å². The van der Waals surface area contributed by atoms with Gasteiger partial charge in [0.25, 0.3) is 0 Å². The van der Waals surface area contributed by atoms with Crippen LogP contribution in [0, 0.1) is 0 Å². The largest absolute Gasteiger partial charge is 0.395 e. The van der Waals surface area contributed by atoms with E-state index in [1.807, 2.05) is 17.0 Å². The number of alkyl halides is 1. The number of aliphatic hydroxyl groups excluding tert-OH is 1. The summed E-state index contributed by atoms with van der Waals surface area (Å²) in [7, 11) is 0. The summed E-state index contributed by atoms with van der Waals surface area (Å²) in [5.74, 6) is 0. The van der Waals surface area contributed by atoms with Crippen molar-refractivity contribution in [3.63, 3.8) is 0 Å². The van der Waals surface area contributed by atoms with Crippen molar-refractivity contribution >= 4 is 0 Å². The van der Waals surface area contributed by atoms with Gasteiger partial charge in [-0.1, -0.05) is 6.07 Å². The molecule has 1 N–H and O–H groups in total. The van der Waals surface area contributed by atoms with Gasteiger partial charge in [-0.15, -0.1) is 0 Å². The second kappa shape index (κ2) is 4.68. The molecular formula is C11H15FN2O. The first-order valence-corrected chi connectivity index (χ1v) is 5.17. The van der Waals surface area contributed by atoms with Crippen LogP contribution in [-0.2, 0) is 6.54 Å². The minimum absolute atomic E-state index is 0.0285. The van der Waals surface area contributed by atoms with Gasteiger partial charge in [0.2, 0.25) is 0 Å². The molecule has 1 aromatic rings. The molecular weight excluding hydrogens is 195 g/mol. The molecule has 2 rings (SSSR count). The Balaban J connectivity index is 2.00. The number of rotatable bonds is 3. The zero-order valence-corrected chi connectivity index (χ0v) is 8.51. The SMILES string of the molecule is OC[C@@H]1C[C@H](F)CN1Cc1cccnc1. The predicted octanol–water partition coefficient (Wildman–Crippen LogP) is 0.986. The molecule has 0 unspecified atom stereocenters. The van der Waals surface area contributed by atoms with E-state index in [0.717, 1.165) is 5.56 Å². The summed E-state index contributed by atoms with van der Waals surface area (Å²) in [4.78, 5) is 5.99. The fraction of sp³-hybridized carbons (Fsp3) is 0.545. The average Bonchev–Trinajstić information content (AvgIpc) is 2.60. The Morgan fingerprint density at radius 2 is 2.47 bits per heavy atom. The second-order valence-corrected chi connectivity index (χ2v) is 3.96. The quantitative estimate of drug-likeness (QED) is 0.808. The zero-order valence-electron chi connectivity index (χ0n) is 8.51. The average molecular weight is 210 g/mol. The molecule has 1 saturated heterocycles. The van der Waals surface area contributed by atoms with Gasteiger partial charge < -0.3 is 5.11 Å². The van der Waals surface area contributed by atoms with Crippen molar-refractivity contribution in [3.8, 4) is 0 Å². The molecule has 0 bridgehead atoms. The molecule has 15 heavy (non-hydrogen) atoms. The molecule has 0 aromatic carbocycles. The molecule has 0 radical (unpaired) electrons. The Kier molecular flexibility index (Phi) is 3.28. The van der Waals surface area contributed by atoms with Gasteiger partial charge >= 0.3 is 0 Å². The van der Waals surface area contributed by atoms with Crippen molar-refractivity contribution in [2.24, 2.45) is 0 Å². The highest BCUT2D eigenvalue weighted by atomic mass is 19.1. The van der Waals surface area contributed by atoms with Crippen LogP contribution in [0.25, 0.3) is 0 Å². The van der Waals surface area contributed by atoms with Crippen molar-refractivity contribution < 1.29 is 9.50 Å². The van der Waals surface area contributed by atoms with Crippen LogP contribution in [0.5, 0.6) is 0 Å². The molecule has 2 heterocycles. The summed E-state index contributed by atoms with van der Waals surface area (Å²) in [6.07, 6.45) is 3.13. The summed E-state index contributed by atoms with van der Waals surface area (Å²) in [5, 5.41) is 9.11. The van der Waals surface area contributed by atoms with Crippen LogP contribution >= 0.6 is 0 Å². The van der Waals surface area contributed by atoms with Crippen LogP contribution in [0.15, 0.2) is 24.5 Å². The van der Waals surface area contributed by atoms with Crippen LogP contribution in [0.2, 0.25) is 0 Å². The molecule has 3 nitrogen and oxygen atoms in total. The summed E-state index contributed by atoms with van der Waals surface area (Å²) < 4.78 is 13.1. The standard InChI is InChI=1S/C11H15FN2O/c12-10-4-11(8-15)14(7-10)6-9-2-1-3-13-5-9/h1-3,5,10-11,15H,4,6-8H2/t10-,11-/m0/s1. The Morgan fingerprint density at radius 1 is 1.60 bits per heavy atom. The highest BCUT2D eigenvalue weighted by molar-refractivity contribution is 5.09. The molecule has 0 saturated carbocycles. The van der Waals surface area contributed by atoms with Gasteiger partial charge in [0.15, 0.2) is 0 Å². The van der Waals surface area contributed by atoms with Crippen molar-refractivity contribution in [1.29, 1.82) is 0 Å². The van der Waals surface area contributed by atoms with E-state index in [1.54, 1.807) is 12.4 Å². The number of hydrogen-bond donors (Lipinski definition) is 1. The zero-order chi connectivity index (χ0) is 10.7. The van der Waals surface area contributed by atoms with Crippen molar-refractivity contribution in [1.82, 2.24) is 9.88 Å². The smallest absolute Gasteiger partial charge is 0.114 e. The van der Waals surface area contributed by atoms with Crippen LogP contribution in [-0.4, -0.2) is 40.4 Å². The predicted molar refractivity (Wildman–Crippen MR) is 55.0 cm³/mol. The van der Waals surface area contributed by atoms with E-state index in [1.165, 1.54) is 0 Å². The monoisotopic (exact) mass is 210 g/mol. The number of likely N-dealkylation sites (tertiary alicyclic amines) is 1.